The van der Waals surface area contributed by atoms with Crippen molar-refractivity contribution in [1.82, 2.24) is 5.01 Å². The van der Waals surface area contributed by atoms with Crippen LogP contribution in [0, 0.1) is 11.2 Å². The van der Waals surface area contributed by atoms with Crippen LogP contribution in [0.15, 0.2) is 101 Å². The lowest BCUT2D eigenvalue weighted by molar-refractivity contribution is 0.0579. The Morgan fingerprint density at radius 2 is 1.54 bits per heavy atom. The van der Waals surface area contributed by atoms with Gasteiger partial charge in [-0.05, 0) is 47.5 Å². The molecule has 180 valence electrons. The van der Waals surface area contributed by atoms with E-state index in [-0.39, 0.29) is 22.9 Å². The Balaban J connectivity index is 1.54. The lowest BCUT2D eigenvalue weighted by Gasteiger charge is -2.36. The third-order valence-corrected chi connectivity index (χ3v) is 7.82. The maximum absolute atomic E-state index is 14.4. The summed E-state index contributed by atoms with van der Waals surface area (Å²) in [6.45, 7) is 0. The number of carbonyl (C=O) groups is 3. The van der Waals surface area contributed by atoms with Gasteiger partial charge in [0, 0.05) is 16.7 Å². The monoisotopic (exact) mass is 490 g/mol. The van der Waals surface area contributed by atoms with E-state index in [0.29, 0.717) is 16.9 Å². The van der Waals surface area contributed by atoms with E-state index in [4.69, 9.17) is 4.42 Å². The average Bonchev–Trinajstić information content (AvgIpc) is 3.62. The van der Waals surface area contributed by atoms with E-state index in [1.165, 1.54) is 30.5 Å². The molecule has 0 bridgehead atoms. The predicted molar refractivity (Wildman–Crippen MR) is 132 cm³/mol. The van der Waals surface area contributed by atoms with E-state index >= 15 is 0 Å². The summed E-state index contributed by atoms with van der Waals surface area (Å²) in [4.78, 5) is 43.1. The molecule has 1 saturated heterocycles. The number of benzene rings is 3. The summed E-state index contributed by atoms with van der Waals surface area (Å²) in [5.74, 6) is -2.19. The second kappa shape index (κ2) is 7.67. The molecule has 0 unspecified atom stereocenters. The summed E-state index contributed by atoms with van der Waals surface area (Å²) < 4.78 is 19.5. The number of Topliss-reactive ketones (excluding diaryl/α,β-unsaturated/α-hetero) is 3. The van der Waals surface area contributed by atoms with Gasteiger partial charge in [-0.2, -0.15) is 5.10 Å². The second-order valence-corrected chi connectivity index (χ2v) is 9.54. The zero-order chi connectivity index (χ0) is 25.3. The third-order valence-electron chi connectivity index (χ3n) is 7.82. The first kappa shape index (κ1) is 21.6. The van der Waals surface area contributed by atoms with Crippen LogP contribution in [0.25, 0.3) is 0 Å². The van der Waals surface area contributed by atoms with Gasteiger partial charge in [-0.15, -0.1) is 0 Å². The van der Waals surface area contributed by atoms with Crippen molar-refractivity contribution in [2.45, 2.75) is 18.0 Å². The Bertz CT molecular complexity index is 1590. The van der Waals surface area contributed by atoms with E-state index in [2.05, 4.69) is 5.10 Å². The van der Waals surface area contributed by atoms with Gasteiger partial charge in [0.05, 0.1) is 24.4 Å². The normalized spacial score (nSPS) is 22.7. The molecular weight excluding hydrogens is 471 g/mol. The third kappa shape index (κ3) is 2.74. The SMILES string of the molecule is O=C(c1ccc(F)cc1)[C@@H]1[C@H](c2ccco2)C2(C(=O)c3ccccc3C2=O)[C@@H]2c3ccccc3C=NN12. The molecule has 0 amide bonds. The maximum Gasteiger partial charge on any atom is 0.187 e. The second-order valence-electron chi connectivity index (χ2n) is 9.54. The highest BCUT2D eigenvalue weighted by atomic mass is 19.1. The number of hydrogen-bond donors (Lipinski definition) is 0. The largest absolute Gasteiger partial charge is 0.469 e. The Kier molecular flexibility index (Phi) is 4.48. The van der Waals surface area contributed by atoms with Crippen LogP contribution in [-0.4, -0.2) is 34.6 Å². The van der Waals surface area contributed by atoms with Crippen molar-refractivity contribution in [2.24, 2.45) is 10.5 Å². The number of hydrogen-bond acceptors (Lipinski definition) is 6. The molecule has 1 aliphatic carbocycles. The van der Waals surface area contributed by atoms with Gasteiger partial charge in [0.2, 0.25) is 0 Å². The standard InChI is InChI=1S/C30H19FN2O4/c31-19-13-11-17(12-14-19)26(34)25-24(23-10-5-15-37-23)30(28(35)21-8-3-4-9-22(21)29(30)36)27-20-7-2-1-6-18(20)16-32-33(25)27/h1-16,24-25,27H/t24-,25-,27-/m0/s1. The number of hydrazone groups is 1. The summed E-state index contributed by atoms with van der Waals surface area (Å²) in [6.07, 6.45) is 3.11. The maximum atomic E-state index is 14.4. The number of furan rings is 1. The molecule has 4 aromatic rings. The molecule has 1 fully saturated rings. The highest BCUT2D eigenvalue weighted by molar-refractivity contribution is 6.31. The molecule has 3 atom stereocenters. The van der Waals surface area contributed by atoms with E-state index in [1.54, 1.807) is 47.6 Å². The molecule has 3 aromatic carbocycles. The molecule has 37 heavy (non-hydrogen) atoms. The highest BCUT2D eigenvalue weighted by Gasteiger charge is 2.73. The molecule has 0 radical (unpaired) electrons. The van der Waals surface area contributed by atoms with Crippen molar-refractivity contribution >= 4 is 23.6 Å². The average molecular weight is 490 g/mol. The Morgan fingerprint density at radius 3 is 2.22 bits per heavy atom. The van der Waals surface area contributed by atoms with Gasteiger partial charge in [0.15, 0.2) is 17.3 Å². The van der Waals surface area contributed by atoms with Crippen LogP contribution >= 0.6 is 0 Å². The van der Waals surface area contributed by atoms with Crippen LogP contribution in [-0.2, 0) is 0 Å². The molecule has 2 aliphatic heterocycles. The van der Waals surface area contributed by atoms with Crippen molar-refractivity contribution in [3.8, 4) is 0 Å². The van der Waals surface area contributed by atoms with Crippen molar-refractivity contribution in [2.75, 3.05) is 0 Å². The number of carbonyl (C=O) groups excluding carboxylic acids is 3. The molecule has 3 aliphatic rings. The van der Waals surface area contributed by atoms with Crippen LogP contribution in [0.3, 0.4) is 0 Å². The van der Waals surface area contributed by atoms with Gasteiger partial charge in [-0.25, -0.2) is 4.39 Å². The van der Waals surface area contributed by atoms with Gasteiger partial charge in [0.1, 0.15) is 23.0 Å². The molecule has 0 N–H and O–H groups in total. The van der Waals surface area contributed by atoms with Gasteiger partial charge in [0.25, 0.3) is 0 Å². The highest BCUT2D eigenvalue weighted by Crippen LogP contribution is 2.64. The molecule has 3 heterocycles. The van der Waals surface area contributed by atoms with E-state index in [9.17, 15) is 18.8 Å². The number of nitrogens with zero attached hydrogens (tertiary/aromatic N) is 2. The first-order chi connectivity index (χ1) is 18.0. The van der Waals surface area contributed by atoms with Crippen molar-refractivity contribution in [1.29, 1.82) is 0 Å². The fourth-order valence-electron chi connectivity index (χ4n) is 6.34. The summed E-state index contributed by atoms with van der Waals surface area (Å²) in [7, 11) is 0. The van der Waals surface area contributed by atoms with Crippen LogP contribution < -0.4 is 0 Å². The fraction of sp³-hybridized carbons (Fsp3) is 0.133. The minimum absolute atomic E-state index is 0.253. The summed E-state index contributed by atoms with van der Waals surface area (Å²) in [6, 6.07) is 20.9. The Labute approximate surface area is 211 Å². The lowest BCUT2D eigenvalue weighted by Crippen LogP contribution is -2.43. The van der Waals surface area contributed by atoms with Gasteiger partial charge in [-0.3, -0.25) is 19.4 Å². The van der Waals surface area contributed by atoms with Gasteiger partial charge in [-0.1, -0.05) is 48.5 Å². The molecule has 0 saturated carbocycles. The summed E-state index contributed by atoms with van der Waals surface area (Å²) in [5, 5.41) is 6.24. The summed E-state index contributed by atoms with van der Waals surface area (Å²) >= 11 is 0. The quantitative estimate of drug-likeness (QED) is 0.291. The predicted octanol–water partition coefficient (Wildman–Crippen LogP) is 5.22. The van der Waals surface area contributed by atoms with Crippen LogP contribution in [0.1, 0.15) is 59.9 Å². The molecular formula is C30H19FN2O4. The van der Waals surface area contributed by atoms with Gasteiger partial charge >= 0.3 is 0 Å². The van der Waals surface area contributed by atoms with Crippen molar-refractivity contribution < 1.29 is 23.2 Å². The van der Waals surface area contributed by atoms with E-state index in [1.807, 2.05) is 24.3 Å². The first-order valence-electron chi connectivity index (χ1n) is 12.0. The lowest BCUT2D eigenvalue weighted by atomic mass is 9.64. The minimum atomic E-state index is -1.68. The molecule has 7 heteroatoms. The van der Waals surface area contributed by atoms with E-state index < -0.39 is 29.2 Å². The Hall–Kier alpha value is -4.65. The van der Waals surface area contributed by atoms with Crippen LogP contribution in [0.5, 0.6) is 0 Å². The van der Waals surface area contributed by atoms with Gasteiger partial charge < -0.3 is 4.42 Å². The number of fused-ring (bicyclic) bond motifs is 5. The van der Waals surface area contributed by atoms with Crippen LogP contribution in [0.4, 0.5) is 4.39 Å². The van der Waals surface area contributed by atoms with Crippen LogP contribution in [0.2, 0.25) is 0 Å². The minimum Gasteiger partial charge on any atom is -0.469 e. The molecule has 1 spiro atoms. The fourth-order valence-corrected chi connectivity index (χ4v) is 6.34. The zero-order valence-electron chi connectivity index (χ0n) is 19.4. The van der Waals surface area contributed by atoms with Crippen molar-refractivity contribution in [3.05, 3.63) is 131 Å². The van der Waals surface area contributed by atoms with E-state index in [0.717, 1.165) is 11.1 Å². The molecule has 1 aromatic heterocycles. The zero-order valence-corrected chi connectivity index (χ0v) is 19.4. The number of rotatable bonds is 3. The number of halogens is 1. The summed E-state index contributed by atoms with van der Waals surface area (Å²) in [5.41, 5.74) is 0.723. The first-order valence-corrected chi connectivity index (χ1v) is 12.0. The molecule has 6 nitrogen and oxygen atoms in total. The van der Waals surface area contributed by atoms with Crippen molar-refractivity contribution in [3.63, 3.8) is 0 Å². The molecule has 7 rings (SSSR count). The smallest absolute Gasteiger partial charge is 0.187 e. The topological polar surface area (TPSA) is 79.9 Å². The number of ketones is 3. The Morgan fingerprint density at radius 1 is 0.865 bits per heavy atom.